The van der Waals surface area contributed by atoms with Crippen molar-refractivity contribution in [3.63, 3.8) is 0 Å². The third kappa shape index (κ3) is 4.04. The van der Waals surface area contributed by atoms with E-state index in [4.69, 9.17) is 0 Å². The largest absolute Gasteiger partial charge is 0.309 e. The molecular weight excluding hydrogens is 340 g/mol. The van der Waals surface area contributed by atoms with E-state index >= 15 is 0 Å². The number of nitrogens with one attached hydrogen (secondary N) is 1. The van der Waals surface area contributed by atoms with Crippen LogP contribution in [0.3, 0.4) is 0 Å². The molecule has 4 aromatic rings. The Kier molecular flexibility index (Phi) is 4.65. The van der Waals surface area contributed by atoms with Crippen molar-refractivity contribution in [2.75, 3.05) is 5.32 Å². The Bertz CT molecular complexity index is 1030. The van der Waals surface area contributed by atoms with Gasteiger partial charge in [0, 0.05) is 29.7 Å². The van der Waals surface area contributed by atoms with Crippen LogP contribution in [0.1, 0.15) is 0 Å². The molecule has 132 valence electrons. The summed E-state index contributed by atoms with van der Waals surface area (Å²) in [6.07, 6.45) is 6.84. The fourth-order valence-electron chi connectivity index (χ4n) is 2.62. The Morgan fingerprint density at radius 3 is 2.52 bits per heavy atom. The lowest BCUT2D eigenvalue weighted by Crippen LogP contribution is -2.19. The molecule has 0 unspecified atom stereocenters. The van der Waals surface area contributed by atoms with Crippen LogP contribution in [0, 0.1) is 0 Å². The van der Waals surface area contributed by atoms with Crippen molar-refractivity contribution in [3.05, 3.63) is 79.4 Å². The maximum absolute atomic E-state index is 12.2. The standard InChI is InChI=1S/C20H16N6O/c27-20(14-26-13-18(24-25-26)17-7-4-10-21-11-17)23-19-9-8-16(12-22-19)15-5-2-1-3-6-15/h1-13H,14H2,(H,22,23,27). The van der Waals surface area contributed by atoms with Gasteiger partial charge in [0.15, 0.2) is 0 Å². The molecule has 0 aliphatic heterocycles. The zero-order valence-electron chi connectivity index (χ0n) is 14.4. The summed E-state index contributed by atoms with van der Waals surface area (Å²) >= 11 is 0. The molecule has 0 radical (unpaired) electrons. The monoisotopic (exact) mass is 356 g/mol. The highest BCUT2D eigenvalue weighted by Crippen LogP contribution is 2.19. The highest BCUT2D eigenvalue weighted by atomic mass is 16.2. The molecular formula is C20H16N6O. The number of nitrogens with zero attached hydrogens (tertiary/aromatic N) is 5. The minimum atomic E-state index is -0.224. The van der Waals surface area contributed by atoms with Gasteiger partial charge in [0.25, 0.3) is 0 Å². The highest BCUT2D eigenvalue weighted by Gasteiger charge is 2.09. The Hall–Kier alpha value is -3.87. The zero-order chi connectivity index (χ0) is 18.5. The van der Waals surface area contributed by atoms with Crippen molar-refractivity contribution in [2.24, 2.45) is 0 Å². The normalized spacial score (nSPS) is 10.5. The lowest BCUT2D eigenvalue weighted by Gasteiger charge is -2.06. The molecule has 0 aliphatic rings. The first-order chi connectivity index (χ1) is 13.3. The van der Waals surface area contributed by atoms with E-state index in [2.05, 4.69) is 25.6 Å². The summed E-state index contributed by atoms with van der Waals surface area (Å²) in [6, 6.07) is 17.4. The third-order valence-electron chi connectivity index (χ3n) is 3.94. The average Bonchev–Trinajstić information content (AvgIpc) is 3.18. The van der Waals surface area contributed by atoms with Crippen LogP contribution in [-0.4, -0.2) is 30.9 Å². The second-order valence-electron chi connectivity index (χ2n) is 5.89. The van der Waals surface area contributed by atoms with Crippen molar-refractivity contribution in [3.8, 4) is 22.4 Å². The number of aromatic nitrogens is 5. The molecule has 0 spiro atoms. The fraction of sp³-hybridized carbons (Fsp3) is 0.0500. The first-order valence-electron chi connectivity index (χ1n) is 8.40. The summed E-state index contributed by atoms with van der Waals surface area (Å²) in [5, 5.41) is 10.8. The Morgan fingerprint density at radius 2 is 1.78 bits per heavy atom. The van der Waals surface area contributed by atoms with Gasteiger partial charge in [-0.25, -0.2) is 9.67 Å². The predicted octanol–water partition coefficient (Wildman–Crippen LogP) is 3.04. The van der Waals surface area contributed by atoms with Crippen molar-refractivity contribution in [1.29, 1.82) is 0 Å². The fourth-order valence-corrected chi connectivity index (χ4v) is 2.62. The van der Waals surface area contributed by atoms with E-state index in [1.165, 1.54) is 4.68 Å². The topological polar surface area (TPSA) is 85.6 Å². The van der Waals surface area contributed by atoms with Crippen LogP contribution in [0.5, 0.6) is 0 Å². The molecule has 7 heteroatoms. The lowest BCUT2D eigenvalue weighted by molar-refractivity contribution is -0.116. The maximum Gasteiger partial charge on any atom is 0.247 e. The molecule has 1 amide bonds. The molecule has 0 fully saturated rings. The Balaban J connectivity index is 1.39. The molecule has 0 atom stereocenters. The van der Waals surface area contributed by atoms with Crippen LogP contribution in [0.2, 0.25) is 0 Å². The number of hydrogen-bond acceptors (Lipinski definition) is 5. The second kappa shape index (κ2) is 7.57. The molecule has 0 saturated carbocycles. The van der Waals surface area contributed by atoms with Crippen LogP contribution in [0.15, 0.2) is 79.4 Å². The van der Waals surface area contributed by atoms with Gasteiger partial charge in [-0.1, -0.05) is 35.5 Å². The van der Waals surface area contributed by atoms with Gasteiger partial charge in [-0.2, -0.15) is 0 Å². The van der Waals surface area contributed by atoms with E-state index in [1.807, 2.05) is 48.5 Å². The van der Waals surface area contributed by atoms with Gasteiger partial charge >= 0.3 is 0 Å². The number of carbonyl (C=O) groups excluding carboxylic acids is 1. The average molecular weight is 356 g/mol. The van der Waals surface area contributed by atoms with Crippen LogP contribution >= 0.6 is 0 Å². The summed E-state index contributed by atoms with van der Waals surface area (Å²) < 4.78 is 1.48. The van der Waals surface area contributed by atoms with Gasteiger partial charge in [0.2, 0.25) is 5.91 Å². The van der Waals surface area contributed by atoms with Crippen LogP contribution in [0.25, 0.3) is 22.4 Å². The molecule has 1 N–H and O–H groups in total. The van der Waals surface area contributed by atoms with Gasteiger partial charge in [0.05, 0.1) is 6.20 Å². The van der Waals surface area contributed by atoms with Gasteiger partial charge in [-0.05, 0) is 29.8 Å². The summed E-state index contributed by atoms with van der Waals surface area (Å²) in [4.78, 5) is 20.6. The number of carbonyl (C=O) groups is 1. The minimum absolute atomic E-state index is 0.0510. The third-order valence-corrected chi connectivity index (χ3v) is 3.94. The van der Waals surface area contributed by atoms with E-state index < -0.39 is 0 Å². The van der Waals surface area contributed by atoms with Gasteiger partial charge in [-0.3, -0.25) is 9.78 Å². The molecule has 27 heavy (non-hydrogen) atoms. The van der Waals surface area contributed by atoms with E-state index in [1.54, 1.807) is 30.9 Å². The first kappa shape index (κ1) is 16.6. The predicted molar refractivity (Wildman–Crippen MR) is 102 cm³/mol. The van der Waals surface area contributed by atoms with E-state index in [9.17, 15) is 4.79 Å². The van der Waals surface area contributed by atoms with E-state index in [0.717, 1.165) is 16.7 Å². The van der Waals surface area contributed by atoms with Crippen LogP contribution in [0.4, 0.5) is 5.82 Å². The van der Waals surface area contributed by atoms with Crippen molar-refractivity contribution in [1.82, 2.24) is 25.0 Å². The highest BCUT2D eigenvalue weighted by molar-refractivity contribution is 5.89. The maximum atomic E-state index is 12.2. The van der Waals surface area contributed by atoms with Crippen LogP contribution < -0.4 is 5.32 Å². The van der Waals surface area contributed by atoms with Crippen molar-refractivity contribution < 1.29 is 4.79 Å². The Labute approximate surface area is 155 Å². The second-order valence-corrected chi connectivity index (χ2v) is 5.89. The van der Waals surface area contributed by atoms with Gasteiger partial charge in [-0.15, -0.1) is 5.10 Å². The van der Waals surface area contributed by atoms with Crippen molar-refractivity contribution >= 4 is 11.7 Å². The molecule has 3 aromatic heterocycles. The molecule has 0 bridgehead atoms. The molecule has 7 nitrogen and oxygen atoms in total. The Morgan fingerprint density at radius 1 is 0.926 bits per heavy atom. The van der Waals surface area contributed by atoms with Crippen molar-refractivity contribution in [2.45, 2.75) is 6.54 Å². The molecule has 0 saturated heterocycles. The minimum Gasteiger partial charge on any atom is -0.309 e. The van der Waals surface area contributed by atoms with E-state index in [-0.39, 0.29) is 12.5 Å². The number of amides is 1. The number of hydrogen-bond donors (Lipinski definition) is 1. The first-order valence-corrected chi connectivity index (χ1v) is 8.40. The van der Waals surface area contributed by atoms with Gasteiger partial charge in [0.1, 0.15) is 18.1 Å². The summed E-state index contributed by atoms with van der Waals surface area (Å²) in [5.41, 5.74) is 3.59. The molecule has 3 heterocycles. The van der Waals surface area contributed by atoms with Crippen LogP contribution in [-0.2, 0) is 11.3 Å². The molecule has 4 rings (SSSR count). The van der Waals surface area contributed by atoms with Gasteiger partial charge < -0.3 is 5.32 Å². The molecule has 0 aliphatic carbocycles. The smallest absolute Gasteiger partial charge is 0.247 e. The zero-order valence-corrected chi connectivity index (χ0v) is 14.4. The summed E-state index contributed by atoms with van der Waals surface area (Å²) in [7, 11) is 0. The SMILES string of the molecule is O=C(Cn1cc(-c2cccnc2)nn1)Nc1ccc(-c2ccccc2)cn1. The quantitative estimate of drug-likeness (QED) is 0.594. The molecule has 1 aromatic carbocycles. The number of benzene rings is 1. The van der Waals surface area contributed by atoms with E-state index in [0.29, 0.717) is 11.5 Å². The number of pyridine rings is 2. The number of anilines is 1. The number of rotatable bonds is 5. The summed E-state index contributed by atoms with van der Waals surface area (Å²) in [6.45, 7) is 0.0510. The lowest BCUT2D eigenvalue weighted by atomic mass is 10.1. The summed E-state index contributed by atoms with van der Waals surface area (Å²) in [5.74, 6) is 0.268.